The molecule has 0 saturated heterocycles. The fourth-order valence-electron chi connectivity index (χ4n) is 2.18. The number of carbonyl (C=O) groups excluding carboxylic acids is 1. The summed E-state index contributed by atoms with van der Waals surface area (Å²) in [4.78, 5) is 12.2. The molecular formula is C14H12N2O3S. The van der Waals surface area contributed by atoms with Gasteiger partial charge in [0.2, 0.25) is 0 Å². The van der Waals surface area contributed by atoms with Gasteiger partial charge in [-0.05, 0) is 36.8 Å². The zero-order valence-electron chi connectivity index (χ0n) is 10.7. The lowest BCUT2D eigenvalue weighted by atomic mass is 10.2. The number of anilines is 2. The van der Waals surface area contributed by atoms with Crippen LogP contribution in [0, 0.1) is 6.92 Å². The van der Waals surface area contributed by atoms with Crippen molar-refractivity contribution in [3.8, 4) is 0 Å². The lowest BCUT2D eigenvalue weighted by molar-refractivity contribution is 0.259. The van der Waals surface area contributed by atoms with E-state index in [1.807, 2.05) is 13.0 Å². The number of para-hydroxylation sites is 1. The van der Waals surface area contributed by atoms with E-state index in [0.29, 0.717) is 11.4 Å². The highest BCUT2D eigenvalue weighted by atomic mass is 32.2. The molecule has 1 N–H and O–H groups in total. The monoisotopic (exact) mass is 288 g/mol. The number of nitrogens with zero attached hydrogens (tertiary/aromatic N) is 1. The van der Waals surface area contributed by atoms with Gasteiger partial charge in [0, 0.05) is 0 Å². The second-order valence-electron chi connectivity index (χ2n) is 4.53. The van der Waals surface area contributed by atoms with Gasteiger partial charge in [-0.15, -0.1) is 0 Å². The fraction of sp³-hybridized carbons (Fsp3) is 0.0714. The van der Waals surface area contributed by atoms with Gasteiger partial charge in [0.05, 0.1) is 11.4 Å². The van der Waals surface area contributed by atoms with Crippen LogP contribution in [0.2, 0.25) is 0 Å². The van der Waals surface area contributed by atoms with Gasteiger partial charge in [-0.25, -0.2) is 13.2 Å². The summed E-state index contributed by atoms with van der Waals surface area (Å²) in [6, 6.07) is 12.5. The van der Waals surface area contributed by atoms with Crippen LogP contribution in [0.5, 0.6) is 0 Å². The molecule has 0 radical (unpaired) electrons. The number of aryl methyl sites for hydroxylation is 1. The van der Waals surface area contributed by atoms with Crippen LogP contribution in [0.15, 0.2) is 53.4 Å². The highest BCUT2D eigenvalue weighted by molar-refractivity contribution is 7.94. The standard InChI is InChI=1S/C14H12N2O3S/c1-10-5-4-6-11(9-10)16-14(17)15-12-7-2-3-8-13(12)20(16,18)19/h2-9H,1H3,(H,15,17). The molecule has 2 aromatic carbocycles. The van der Waals surface area contributed by atoms with E-state index in [9.17, 15) is 13.2 Å². The Morgan fingerprint density at radius 1 is 1.05 bits per heavy atom. The van der Waals surface area contributed by atoms with Gasteiger partial charge in [-0.1, -0.05) is 24.3 Å². The average Bonchev–Trinajstić information content (AvgIpc) is 2.38. The Hall–Kier alpha value is -2.34. The number of benzene rings is 2. The van der Waals surface area contributed by atoms with E-state index in [-0.39, 0.29) is 4.90 Å². The number of hydrogen-bond donors (Lipinski definition) is 1. The zero-order valence-corrected chi connectivity index (χ0v) is 11.5. The Kier molecular flexibility index (Phi) is 2.76. The maximum atomic E-state index is 12.6. The van der Waals surface area contributed by atoms with Crippen molar-refractivity contribution in [2.75, 3.05) is 9.62 Å². The molecule has 1 heterocycles. The summed E-state index contributed by atoms with van der Waals surface area (Å²) in [7, 11) is -3.88. The molecule has 3 rings (SSSR count). The first-order chi connectivity index (χ1) is 9.50. The quantitative estimate of drug-likeness (QED) is 0.877. The summed E-state index contributed by atoms with van der Waals surface area (Å²) in [6.45, 7) is 1.84. The van der Waals surface area contributed by atoms with Gasteiger partial charge in [0.15, 0.2) is 0 Å². The number of hydrogen-bond acceptors (Lipinski definition) is 3. The summed E-state index contributed by atoms with van der Waals surface area (Å²) in [5, 5.41) is 2.59. The first-order valence-electron chi connectivity index (χ1n) is 6.02. The van der Waals surface area contributed by atoms with Crippen LogP contribution in [0.25, 0.3) is 0 Å². The molecule has 2 amide bonds. The number of amides is 2. The lowest BCUT2D eigenvalue weighted by Gasteiger charge is -2.28. The van der Waals surface area contributed by atoms with Crippen LogP contribution in [0.1, 0.15) is 5.56 Å². The molecule has 1 aliphatic heterocycles. The molecule has 1 aliphatic rings. The van der Waals surface area contributed by atoms with Gasteiger partial charge >= 0.3 is 6.03 Å². The predicted molar refractivity (Wildman–Crippen MR) is 76.3 cm³/mol. The number of fused-ring (bicyclic) bond motifs is 1. The summed E-state index contributed by atoms with van der Waals surface area (Å²) in [6.07, 6.45) is 0. The summed E-state index contributed by atoms with van der Waals surface area (Å²) < 4.78 is 26.0. The Morgan fingerprint density at radius 3 is 2.55 bits per heavy atom. The second kappa shape index (κ2) is 4.35. The smallest absolute Gasteiger partial charge is 0.305 e. The third-order valence-corrected chi connectivity index (χ3v) is 4.84. The summed E-state index contributed by atoms with van der Waals surface area (Å²) >= 11 is 0. The molecule has 6 heteroatoms. The van der Waals surface area contributed by atoms with E-state index in [4.69, 9.17) is 0 Å². The SMILES string of the molecule is Cc1cccc(N2C(=O)Nc3ccccc3S2(=O)=O)c1. The molecule has 5 nitrogen and oxygen atoms in total. The van der Waals surface area contributed by atoms with Gasteiger partial charge < -0.3 is 5.32 Å². The van der Waals surface area contributed by atoms with Crippen molar-refractivity contribution in [1.29, 1.82) is 0 Å². The van der Waals surface area contributed by atoms with E-state index < -0.39 is 16.1 Å². The maximum absolute atomic E-state index is 12.6. The number of sulfonamides is 1. The van der Waals surface area contributed by atoms with Gasteiger partial charge in [-0.3, -0.25) is 0 Å². The fourth-order valence-corrected chi connectivity index (χ4v) is 3.68. The van der Waals surface area contributed by atoms with Crippen molar-refractivity contribution in [2.45, 2.75) is 11.8 Å². The third kappa shape index (κ3) is 1.85. The van der Waals surface area contributed by atoms with Crippen LogP contribution in [0.4, 0.5) is 16.2 Å². The highest BCUT2D eigenvalue weighted by Crippen LogP contribution is 2.33. The molecular weight excluding hydrogens is 276 g/mol. The zero-order chi connectivity index (χ0) is 14.3. The molecule has 0 unspecified atom stereocenters. The van der Waals surface area contributed by atoms with Crippen molar-refractivity contribution in [3.63, 3.8) is 0 Å². The molecule has 0 aliphatic carbocycles. The van der Waals surface area contributed by atoms with E-state index in [1.165, 1.54) is 6.07 Å². The average molecular weight is 288 g/mol. The van der Waals surface area contributed by atoms with E-state index in [1.54, 1.807) is 36.4 Å². The van der Waals surface area contributed by atoms with Crippen LogP contribution in [0.3, 0.4) is 0 Å². The molecule has 0 atom stereocenters. The van der Waals surface area contributed by atoms with E-state index in [0.717, 1.165) is 9.87 Å². The van der Waals surface area contributed by atoms with Gasteiger partial charge in [0.1, 0.15) is 4.90 Å². The van der Waals surface area contributed by atoms with Crippen molar-refractivity contribution in [2.24, 2.45) is 0 Å². The predicted octanol–water partition coefficient (Wildman–Crippen LogP) is 2.74. The van der Waals surface area contributed by atoms with E-state index >= 15 is 0 Å². The first-order valence-corrected chi connectivity index (χ1v) is 7.46. The maximum Gasteiger partial charge on any atom is 0.340 e. The molecule has 102 valence electrons. The minimum atomic E-state index is -3.88. The van der Waals surface area contributed by atoms with Crippen molar-refractivity contribution < 1.29 is 13.2 Å². The number of rotatable bonds is 1. The summed E-state index contributed by atoms with van der Waals surface area (Å²) in [5.41, 5.74) is 1.52. The summed E-state index contributed by atoms with van der Waals surface area (Å²) in [5.74, 6) is 0. The molecule has 0 fully saturated rings. The molecule has 20 heavy (non-hydrogen) atoms. The third-order valence-electron chi connectivity index (χ3n) is 3.07. The topological polar surface area (TPSA) is 66.5 Å². The Balaban J connectivity index is 2.21. The van der Waals surface area contributed by atoms with Gasteiger partial charge in [0.25, 0.3) is 10.0 Å². The molecule has 0 bridgehead atoms. The Labute approximate surface area is 116 Å². The van der Waals surface area contributed by atoms with Crippen molar-refractivity contribution in [3.05, 3.63) is 54.1 Å². The van der Waals surface area contributed by atoms with Crippen LogP contribution in [-0.4, -0.2) is 14.4 Å². The second-order valence-corrected chi connectivity index (χ2v) is 6.29. The van der Waals surface area contributed by atoms with Gasteiger partial charge in [-0.2, -0.15) is 4.31 Å². The minimum Gasteiger partial charge on any atom is -0.305 e. The van der Waals surface area contributed by atoms with E-state index in [2.05, 4.69) is 5.32 Å². The van der Waals surface area contributed by atoms with Crippen molar-refractivity contribution in [1.82, 2.24) is 0 Å². The first kappa shape index (κ1) is 12.7. The highest BCUT2D eigenvalue weighted by Gasteiger charge is 2.37. The lowest BCUT2D eigenvalue weighted by Crippen LogP contribution is -2.44. The van der Waals surface area contributed by atoms with Crippen molar-refractivity contribution >= 4 is 27.4 Å². The van der Waals surface area contributed by atoms with Crippen LogP contribution in [-0.2, 0) is 10.0 Å². The number of carbonyl (C=O) groups is 1. The molecule has 0 spiro atoms. The number of urea groups is 1. The molecule has 0 aromatic heterocycles. The van der Waals surface area contributed by atoms with Crippen LogP contribution < -0.4 is 9.62 Å². The normalized spacial score (nSPS) is 16.4. The Bertz CT molecular complexity index is 800. The Morgan fingerprint density at radius 2 is 1.80 bits per heavy atom. The van der Waals surface area contributed by atoms with Crippen LogP contribution >= 0.6 is 0 Å². The minimum absolute atomic E-state index is 0.0982. The molecule has 2 aromatic rings. The molecule has 0 saturated carbocycles. The largest absolute Gasteiger partial charge is 0.340 e. The number of nitrogens with one attached hydrogen (secondary N) is 1.